The number of anilines is 1. The Labute approximate surface area is 140 Å². The van der Waals surface area contributed by atoms with Gasteiger partial charge in [-0.2, -0.15) is 0 Å². The number of nitrogens with zero attached hydrogens (tertiary/aromatic N) is 2. The third-order valence-corrected chi connectivity index (χ3v) is 5.14. The summed E-state index contributed by atoms with van der Waals surface area (Å²) in [5.41, 5.74) is 8.14. The molecule has 1 aromatic rings. The molecule has 1 amide bonds. The largest absolute Gasteiger partial charge is 0.484 e. The van der Waals surface area contributed by atoms with Crippen LogP contribution in [0.1, 0.15) is 37.8 Å². The molecule has 0 radical (unpaired) electrons. The monoisotopic (exact) mass is 330 g/mol. The SMILES string of the molecule is COC1=Nc2c(ncc3c2OC(C2CCC(N)CC2)C(=O)N3)CC1. The number of hydrogen-bond donors (Lipinski definition) is 2. The van der Waals surface area contributed by atoms with Crippen molar-refractivity contribution < 1.29 is 14.3 Å². The van der Waals surface area contributed by atoms with Gasteiger partial charge in [0.2, 0.25) is 0 Å². The smallest absolute Gasteiger partial charge is 0.265 e. The number of aromatic nitrogens is 1. The number of pyridine rings is 1. The Kier molecular flexibility index (Phi) is 3.88. The number of methoxy groups -OCH3 is 1. The number of nitrogens with one attached hydrogen (secondary N) is 1. The Bertz CT molecular complexity index is 695. The van der Waals surface area contributed by atoms with E-state index in [9.17, 15) is 4.79 Å². The van der Waals surface area contributed by atoms with E-state index in [4.69, 9.17) is 15.2 Å². The lowest BCUT2D eigenvalue weighted by Crippen LogP contribution is -2.45. The van der Waals surface area contributed by atoms with E-state index in [1.54, 1.807) is 13.3 Å². The summed E-state index contributed by atoms with van der Waals surface area (Å²) in [6, 6.07) is 0.242. The van der Waals surface area contributed by atoms with Crippen molar-refractivity contribution in [3.8, 4) is 5.75 Å². The maximum absolute atomic E-state index is 12.5. The molecule has 2 aliphatic heterocycles. The predicted molar refractivity (Wildman–Crippen MR) is 89.6 cm³/mol. The first kappa shape index (κ1) is 15.4. The van der Waals surface area contributed by atoms with Crippen LogP contribution in [-0.2, 0) is 16.0 Å². The third kappa shape index (κ3) is 2.62. The second kappa shape index (κ2) is 6.05. The highest BCUT2D eigenvalue weighted by molar-refractivity contribution is 5.99. The van der Waals surface area contributed by atoms with Crippen molar-refractivity contribution in [2.75, 3.05) is 12.4 Å². The maximum atomic E-state index is 12.5. The van der Waals surface area contributed by atoms with Gasteiger partial charge in [0.1, 0.15) is 11.4 Å². The summed E-state index contributed by atoms with van der Waals surface area (Å²) in [6.07, 6.45) is 6.35. The molecule has 0 aromatic carbocycles. The van der Waals surface area contributed by atoms with Gasteiger partial charge in [0.25, 0.3) is 5.91 Å². The van der Waals surface area contributed by atoms with Crippen LogP contribution >= 0.6 is 0 Å². The molecular formula is C17H22N4O3. The van der Waals surface area contributed by atoms with Crippen molar-refractivity contribution in [1.82, 2.24) is 4.98 Å². The van der Waals surface area contributed by atoms with E-state index in [0.29, 0.717) is 23.0 Å². The number of aryl methyl sites for hydroxylation is 1. The Hall–Kier alpha value is -2.15. The molecule has 7 heteroatoms. The molecule has 7 nitrogen and oxygen atoms in total. The number of ether oxygens (including phenoxy) is 2. The van der Waals surface area contributed by atoms with Crippen LogP contribution in [0.5, 0.6) is 5.75 Å². The van der Waals surface area contributed by atoms with Crippen molar-refractivity contribution in [3.63, 3.8) is 0 Å². The Balaban J connectivity index is 1.66. The summed E-state index contributed by atoms with van der Waals surface area (Å²) in [6.45, 7) is 0. The standard InChI is InChI=1S/C17H22N4O3/c1-23-13-7-6-11-14(21-13)16-12(8-19-11)20-17(22)15(24-16)9-2-4-10(18)5-3-9/h8-10,15H,2-7,18H2,1H3,(H,20,22). The fourth-order valence-electron chi connectivity index (χ4n) is 3.72. The van der Waals surface area contributed by atoms with Crippen molar-refractivity contribution in [2.45, 2.75) is 50.7 Å². The fourth-order valence-corrected chi connectivity index (χ4v) is 3.72. The van der Waals surface area contributed by atoms with Crippen LogP contribution in [0.2, 0.25) is 0 Å². The Morgan fingerprint density at radius 1 is 1.29 bits per heavy atom. The summed E-state index contributed by atoms with van der Waals surface area (Å²) in [5.74, 6) is 1.37. The molecule has 4 rings (SSSR count). The minimum absolute atomic E-state index is 0.100. The van der Waals surface area contributed by atoms with E-state index in [-0.39, 0.29) is 17.9 Å². The summed E-state index contributed by atoms with van der Waals surface area (Å²) in [5, 5.41) is 2.93. The van der Waals surface area contributed by atoms with E-state index in [2.05, 4.69) is 15.3 Å². The van der Waals surface area contributed by atoms with E-state index in [1.165, 1.54) is 0 Å². The molecule has 1 aliphatic carbocycles. The molecule has 128 valence electrons. The summed E-state index contributed by atoms with van der Waals surface area (Å²) in [7, 11) is 1.61. The normalized spacial score (nSPS) is 28.8. The topological polar surface area (TPSA) is 98.8 Å². The number of rotatable bonds is 1. The van der Waals surface area contributed by atoms with Gasteiger partial charge < -0.3 is 20.5 Å². The van der Waals surface area contributed by atoms with Crippen LogP contribution < -0.4 is 15.8 Å². The first-order valence-corrected chi connectivity index (χ1v) is 8.52. The van der Waals surface area contributed by atoms with Crippen molar-refractivity contribution in [1.29, 1.82) is 0 Å². The van der Waals surface area contributed by atoms with E-state index in [1.807, 2.05) is 0 Å². The lowest BCUT2D eigenvalue weighted by Gasteiger charge is -2.35. The molecule has 1 fully saturated rings. The van der Waals surface area contributed by atoms with Crippen LogP contribution in [0.15, 0.2) is 11.2 Å². The van der Waals surface area contributed by atoms with Crippen molar-refractivity contribution >= 4 is 23.2 Å². The minimum Gasteiger partial charge on any atom is -0.484 e. The molecule has 1 aromatic heterocycles. The number of carbonyl (C=O) groups excluding carboxylic acids is 1. The zero-order chi connectivity index (χ0) is 16.7. The van der Waals surface area contributed by atoms with Gasteiger partial charge in [-0.1, -0.05) is 0 Å². The van der Waals surface area contributed by atoms with Gasteiger partial charge in [0.05, 0.1) is 19.0 Å². The number of nitrogens with two attached hydrogens (primary N) is 1. The molecule has 1 atom stereocenters. The molecular weight excluding hydrogens is 308 g/mol. The Morgan fingerprint density at radius 3 is 2.83 bits per heavy atom. The van der Waals surface area contributed by atoms with E-state index >= 15 is 0 Å². The van der Waals surface area contributed by atoms with Crippen molar-refractivity contribution in [2.24, 2.45) is 16.6 Å². The van der Waals surface area contributed by atoms with Crippen LogP contribution in [0.4, 0.5) is 11.4 Å². The highest BCUT2D eigenvalue weighted by Crippen LogP contribution is 2.44. The Morgan fingerprint density at radius 2 is 2.08 bits per heavy atom. The second-order valence-corrected chi connectivity index (χ2v) is 6.71. The van der Waals surface area contributed by atoms with Gasteiger partial charge in [-0.3, -0.25) is 9.78 Å². The average Bonchev–Trinajstić information content (AvgIpc) is 2.61. The molecule has 24 heavy (non-hydrogen) atoms. The van der Waals surface area contributed by atoms with Crippen LogP contribution in [0, 0.1) is 5.92 Å². The number of carbonyl (C=O) groups is 1. The first-order chi connectivity index (χ1) is 11.7. The second-order valence-electron chi connectivity index (χ2n) is 6.71. The fraction of sp³-hybridized carbons (Fsp3) is 0.588. The van der Waals surface area contributed by atoms with Gasteiger partial charge in [0, 0.05) is 24.8 Å². The third-order valence-electron chi connectivity index (χ3n) is 5.14. The van der Waals surface area contributed by atoms with Crippen LogP contribution in [-0.4, -0.2) is 36.0 Å². The average molecular weight is 330 g/mol. The number of aliphatic imine (C=N–C) groups is 1. The first-order valence-electron chi connectivity index (χ1n) is 8.52. The minimum atomic E-state index is -0.486. The lowest BCUT2D eigenvalue weighted by atomic mass is 9.82. The quantitative estimate of drug-likeness (QED) is 0.819. The van der Waals surface area contributed by atoms with Gasteiger partial charge in [-0.15, -0.1) is 0 Å². The molecule has 0 bridgehead atoms. The highest BCUT2D eigenvalue weighted by Gasteiger charge is 2.38. The lowest BCUT2D eigenvalue weighted by molar-refractivity contribution is -0.126. The molecule has 1 saturated carbocycles. The molecule has 0 saturated heterocycles. The zero-order valence-electron chi connectivity index (χ0n) is 13.7. The van der Waals surface area contributed by atoms with Gasteiger partial charge in [-0.05, 0) is 25.7 Å². The maximum Gasteiger partial charge on any atom is 0.265 e. The zero-order valence-corrected chi connectivity index (χ0v) is 13.7. The van der Waals surface area contributed by atoms with E-state index < -0.39 is 6.10 Å². The van der Waals surface area contributed by atoms with Crippen LogP contribution in [0.3, 0.4) is 0 Å². The summed E-state index contributed by atoms with van der Waals surface area (Å²) < 4.78 is 11.4. The molecule has 3 heterocycles. The molecule has 3 N–H and O–H groups in total. The van der Waals surface area contributed by atoms with Gasteiger partial charge >= 0.3 is 0 Å². The molecule has 1 unspecified atom stereocenters. The molecule has 3 aliphatic rings. The number of amides is 1. The summed E-state index contributed by atoms with van der Waals surface area (Å²) >= 11 is 0. The highest BCUT2D eigenvalue weighted by atomic mass is 16.5. The van der Waals surface area contributed by atoms with Gasteiger partial charge in [0.15, 0.2) is 17.8 Å². The number of hydrogen-bond acceptors (Lipinski definition) is 6. The molecule has 0 spiro atoms. The number of fused-ring (bicyclic) bond motifs is 3. The van der Waals surface area contributed by atoms with Crippen LogP contribution in [0.25, 0.3) is 0 Å². The van der Waals surface area contributed by atoms with Gasteiger partial charge in [-0.25, -0.2) is 4.99 Å². The van der Waals surface area contributed by atoms with E-state index in [0.717, 1.165) is 44.2 Å². The van der Waals surface area contributed by atoms with Crippen molar-refractivity contribution in [3.05, 3.63) is 11.9 Å². The predicted octanol–water partition coefficient (Wildman–Crippen LogP) is 1.92. The summed E-state index contributed by atoms with van der Waals surface area (Å²) in [4.78, 5) is 21.4.